The van der Waals surface area contributed by atoms with Gasteiger partial charge < -0.3 is 29.7 Å². The highest BCUT2D eigenvalue weighted by Gasteiger charge is 2.32. The number of anilines is 5. The Hall–Kier alpha value is -3.52. The maximum absolute atomic E-state index is 13.5. The summed E-state index contributed by atoms with van der Waals surface area (Å²) in [5, 5.41) is 7.77. The van der Waals surface area contributed by atoms with Gasteiger partial charge in [-0.1, -0.05) is 19.1 Å². The summed E-state index contributed by atoms with van der Waals surface area (Å²) in [5.41, 5.74) is 2.29. The predicted octanol–water partition coefficient (Wildman–Crippen LogP) is 6.64. The van der Waals surface area contributed by atoms with Gasteiger partial charge >= 0.3 is 6.18 Å². The Bertz CT molecular complexity index is 1880. The molecule has 6 rings (SSSR count). The maximum atomic E-state index is 13.5. The van der Waals surface area contributed by atoms with Crippen molar-refractivity contribution in [3.63, 3.8) is 0 Å². The zero-order chi connectivity index (χ0) is 35.6. The van der Waals surface area contributed by atoms with Crippen LogP contribution in [0, 0.1) is 0 Å². The van der Waals surface area contributed by atoms with E-state index in [2.05, 4.69) is 63.3 Å². The predicted molar refractivity (Wildman–Crippen MR) is 197 cm³/mol. The van der Waals surface area contributed by atoms with E-state index < -0.39 is 19.9 Å². The zero-order valence-electron chi connectivity index (χ0n) is 28.6. The highest BCUT2D eigenvalue weighted by Crippen LogP contribution is 2.42. The highest BCUT2D eigenvalue weighted by atomic mass is 79.9. The summed E-state index contributed by atoms with van der Waals surface area (Å²) in [7, 11) is -0.668. The minimum Gasteiger partial charge on any atom is -0.466 e. The summed E-state index contributed by atoms with van der Waals surface area (Å²) < 4.78 is 59.5. The van der Waals surface area contributed by atoms with E-state index in [0.29, 0.717) is 45.1 Å². The lowest BCUT2D eigenvalue weighted by Crippen LogP contribution is -2.52. The van der Waals surface area contributed by atoms with Gasteiger partial charge in [-0.15, -0.1) is 0 Å². The van der Waals surface area contributed by atoms with Crippen molar-refractivity contribution < 1.29 is 22.5 Å². The fourth-order valence-electron chi connectivity index (χ4n) is 6.58. The minimum absolute atomic E-state index is 0.105. The molecule has 0 amide bonds. The quantitative estimate of drug-likeness (QED) is 0.169. The van der Waals surface area contributed by atoms with Gasteiger partial charge in [0.15, 0.2) is 6.61 Å². The number of nitrogens with zero attached hydrogens (tertiary/aromatic N) is 7. The van der Waals surface area contributed by atoms with Gasteiger partial charge in [-0.3, -0.25) is 9.88 Å². The molecule has 0 atom stereocenters. The van der Waals surface area contributed by atoms with Crippen molar-refractivity contribution >= 4 is 68.2 Å². The summed E-state index contributed by atoms with van der Waals surface area (Å²) >= 11 is 3.50. The SMILES string of the molecule is CCc1cc(Nc2ncc(Br)c(Nc3ccc4cccnc4c3P(C)(C)=O)n2)c(OCC(F)(F)F)nc1N1CCC(N2CCN(C)CC2)CC1. The number of likely N-dealkylation sites (N-methyl/N-ethyl adjacent to an activating group) is 1. The minimum atomic E-state index is -4.56. The molecule has 1 aromatic carbocycles. The van der Waals surface area contributed by atoms with Gasteiger partial charge in [-0.25, -0.2) is 4.98 Å². The summed E-state index contributed by atoms with van der Waals surface area (Å²) in [6.45, 7) is 9.57. The van der Waals surface area contributed by atoms with Crippen molar-refractivity contribution in [2.45, 2.75) is 38.4 Å². The number of benzene rings is 1. The van der Waals surface area contributed by atoms with E-state index in [1.807, 2.05) is 31.2 Å². The number of halogens is 4. The molecular weight excluding hydrogens is 734 g/mol. The van der Waals surface area contributed by atoms with Crippen LogP contribution in [0.5, 0.6) is 5.88 Å². The number of hydrogen-bond donors (Lipinski definition) is 2. The molecule has 5 heterocycles. The van der Waals surface area contributed by atoms with Gasteiger partial charge in [0, 0.05) is 63.1 Å². The molecule has 16 heteroatoms. The lowest BCUT2D eigenvalue weighted by atomic mass is 10.0. The molecule has 50 heavy (non-hydrogen) atoms. The summed E-state index contributed by atoms with van der Waals surface area (Å²) in [4.78, 5) is 25.2. The van der Waals surface area contributed by atoms with Crippen LogP contribution in [0.1, 0.15) is 25.3 Å². The van der Waals surface area contributed by atoms with Crippen LogP contribution in [0.25, 0.3) is 10.9 Å². The number of pyridine rings is 2. The molecule has 2 saturated heterocycles. The number of piperidine rings is 1. The second kappa shape index (κ2) is 15.0. The number of hydrogen-bond acceptors (Lipinski definition) is 11. The first-order valence-corrected chi connectivity index (χ1v) is 20.1. The lowest BCUT2D eigenvalue weighted by molar-refractivity contribution is -0.153. The molecule has 4 aromatic rings. The topological polar surface area (TPSA) is 112 Å². The Morgan fingerprint density at radius 3 is 2.42 bits per heavy atom. The second-order valence-electron chi connectivity index (χ2n) is 13.2. The van der Waals surface area contributed by atoms with Crippen LogP contribution in [0.15, 0.2) is 47.2 Å². The average Bonchev–Trinajstić information content (AvgIpc) is 3.08. The Labute approximate surface area is 298 Å². The van der Waals surface area contributed by atoms with Gasteiger partial charge in [0.2, 0.25) is 11.8 Å². The Balaban J connectivity index is 1.28. The van der Waals surface area contributed by atoms with E-state index in [-0.39, 0.29) is 17.5 Å². The summed E-state index contributed by atoms with van der Waals surface area (Å²) in [5.74, 6) is 0.909. The molecule has 2 fully saturated rings. The van der Waals surface area contributed by atoms with E-state index in [1.165, 1.54) is 6.20 Å². The van der Waals surface area contributed by atoms with Crippen LogP contribution in [-0.4, -0.2) is 108 Å². The number of alkyl halides is 3. The van der Waals surface area contributed by atoms with Gasteiger partial charge in [0.05, 0.1) is 21.0 Å². The number of nitrogens with one attached hydrogen (secondary N) is 2. The molecule has 0 unspecified atom stereocenters. The first-order valence-electron chi connectivity index (χ1n) is 16.7. The molecule has 0 saturated carbocycles. The molecule has 2 N–H and O–H groups in total. The summed E-state index contributed by atoms with van der Waals surface area (Å²) in [6.07, 6.45) is 1.14. The molecule has 3 aromatic heterocycles. The Kier molecular flexibility index (Phi) is 10.9. The molecule has 0 aliphatic carbocycles. The van der Waals surface area contributed by atoms with E-state index in [4.69, 9.17) is 9.72 Å². The Morgan fingerprint density at radius 2 is 1.74 bits per heavy atom. The summed E-state index contributed by atoms with van der Waals surface area (Å²) in [6, 6.07) is 9.70. The van der Waals surface area contributed by atoms with Gasteiger partial charge in [0.1, 0.15) is 24.5 Å². The first-order chi connectivity index (χ1) is 23.8. The molecule has 11 nitrogen and oxygen atoms in total. The van der Waals surface area contributed by atoms with Crippen molar-refractivity contribution in [2.24, 2.45) is 0 Å². The molecule has 0 radical (unpaired) electrons. The highest BCUT2D eigenvalue weighted by molar-refractivity contribution is 9.10. The van der Waals surface area contributed by atoms with Crippen LogP contribution in [0.2, 0.25) is 0 Å². The van der Waals surface area contributed by atoms with E-state index in [1.54, 1.807) is 25.6 Å². The van der Waals surface area contributed by atoms with Crippen molar-refractivity contribution in [3.05, 3.63) is 52.8 Å². The average molecular weight is 777 g/mol. The molecule has 2 aliphatic heterocycles. The normalized spacial score (nSPS) is 16.9. The smallest absolute Gasteiger partial charge is 0.422 e. The van der Waals surface area contributed by atoms with E-state index >= 15 is 0 Å². The number of aryl methyl sites for hydroxylation is 1. The monoisotopic (exact) mass is 775 g/mol. The molecule has 2 aliphatic rings. The number of fused-ring (bicyclic) bond motifs is 1. The molecule has 0 bridgehead atoms. The number of aromatic nitrogens is 4. The largest absolute Gasteiger partial charge is 0.466 e. The molecular formula is C34H42BrF3N9O2P. The fourth-order valence-corrected chi connectivity index (χ4v) is 8.28. The van der Waals surface area contributed by atoms with E-state index in [9.17, 15) is 17.7 Å². The van der Waals surface area contributed by atoms with Crippen LogP contribution < -0.4 is 25.6 Å². The van der Waals surface area contributed by atoms with Gasteiger partial charge in [-0.05, 0) is 79.3 Å². The van der Waals surface area contributed by atoms with Crippen molar-refractivity contribution in [1.82, 2.24) is 29.7 Å². The third-order valence-corrected chi connectivity index (χ3v) is 11.3. The van der Waals surface area contributed by atoms with Gasteiger partial charge in [-0.2, -0.15) is 23.1 Å². The van der Waals surface area contributed by atoms with E-state index in [0.717, 1.165) is 63.1 Å². The van der Waals surface area contributed by atoms with Crippen molar-refractivity contribution in [1.29, 1.82) is 0 Å². The van der Waals surface area contributed by atoms with Crippen LogP contribution >= 0.6 is 23.1 Å². The molecule has 0 spiro atoms. The first kappa shape index (κ1) is 36.3. The van der Waals surface area contributed by atoms with Crippen LogP contribution in [-0.2, 0) is 11.0 Å². The van der Waals surface area contributed by atoms with Gasteiger partial charge in [0.25, 0.3) is 0 Å². The number of piperazine rings is 1. The third-order valence-electron chi connectivity index (χ3n) is 9.15. The van der Waals surface area contributed by atoms with Crippen molar-refractivity contribution in [3.8, 4) is 5.88 Å². The van der Waals surface area contributed by atoms with Crippen LogP contribution in [0.3, 0.4) is 0 Å². The second-order valence-corrected chi connectivity index (χ2v) is 17.2. The Morgan fingerprint density at radius 1 is 1.00 bits per heavy atom. The lowest BCUT2D eigenvalue weighted by Gasteiger charge is -2.42. The third kappa shape index (κ3) is 8.50. The fraction of sp³-hybridized carbons (Fsp3) is 0.471. The molecule has 268 valence electrons. The van der Waals surface area contributed by atoms with Crippen LogP contribution in [0.4, 0.5) is 42.1 Å². The van der Waals surface area contributed by atoms with Crippen molar-refractivity contribution in [2.75, 3.05) is 81.8 Å². The zero-order valence-corrected chi connectivity index (χ0v) is 31.1. The number of rotatable bonds is 10. The maximum Gasteiger partial charge on any atom is 0.422 e. The standard InChI is InChI=1S/C34H42BrF3N9O2P/c1-5-22-19-27(32(49-21-34(36,37)38)44-31(22)47-13-10-24(11-14-47)46-17-15-45(2)16-18-46)42-33-40-20-25(35)30(43-33)41-26-9-8-23-7-6-12-39-28(23)29(26)50(3,4)48/h6-9,12,19-20,24H,5,10-11,13-18,21H2,1-4H3,(H2,40,41,42,43). The number of ether oxygens (including phenoxy) is 1.